The fourth-order valence-electron chi connectivity index (χ4n) is 7.53. The molecule has 5 fully saturated rings. The second-order valence-corrected chi connectivity index (χ2v) is 9.35. The molecule has 6 rings (SSSR count). The molecule has 1 unspecified atom stereocenters. The summed E-state index contributed by atoms with van der Waals surface area (Å²) in [6, 6.07) is -0.0599. The van der Waals surface area contributed by atoms with Crippen molar-refractivity contribution < 1.29 is 28.4 Å². The van der Waals surface area contributed by atoms with E-state index in [0.29, 0.717) is 29.4 Å². The molecule has 156 valence electrons. The zero-order valence-corrected chi connectivity index (χ0v) is 17.3. The maximum atomic E-state index is 14.3. The summed E-state index contributed by atoms with van der Waals surface area (Å²) in [6.45, 7) is 6.47. The van der Waals surface area contributed by atoms with Crippen molar-refractivity contribution in [3.05, 3.63) is 40.2 Å². The number of nitrogens with zero attached hydrogens (tertiary/aromatic N) is 1. The molecule has 0 amide bonds. The first-order chi connectivity index (χ1) is 13.9. The van der Waals surface area contributed by atoms with Gasteiger partial charge in [-0.2, -0.15) is 0 Å². The molecule has 0 aromatic carbocycles. The Morgan fingerprint density at radius 1 is 1.41 bits per heavy atom. The van der Waals surface area contributed by atoms with Gasteiger partial charge in [0.2, 0.25) is 11.5 Å². The Balaban J connectivity index is 1.52. The van der Waals surface area contributed by atoms with Crippen molar-refractivity contribution in [1.29, 1.82) is 0 Å². The van der Waals surface area contributed by atoms with Crippen molar-refractivity contribution in [3.8, 4) is 0 Å². The highest BCUT2D eigenvalue weighted by Gasteiger charge is 2.89. The number of hydrogen-bond acceptors (Lipinski definition) is 6. The molecule has 5 saturated heterocycles. The summed E-state index contributed by atoms with van der Waals surface area (Å²) >= 11 is 0. The van der Waals surface area contributed by atoms with Crippen LogP contribution in [0, 0.1) is 23.0 Å². The molecule has 0 aromatic rings. The number of carbonyl (C=O) groups excluding carboxylic acids is 1. The summed E-state index contributed by atoms with van der Waals surface area (Å²) in [5.41, 5.74) is -0.105. The van der Waals surface area contributed by atoms with Crippen LogP contribution in [0.15, 0.2) is 35.0 Å². The van der Waals surface area contributed by atoms with Gasteiger partial charge in [0.25, 0.3) is 0 Å². The Hall–Kier alpha value is -1.83. The Kier molecular flexibility index (Phi) is 3.26. The molecule has 8 atom stereocenters. The van der Waals surface area contributed by atoms with Crippen molar-refractivity contribution in [2.45, 2.75) is 63.5 Å². The van der Waals surface area contributed by atoms with Crippen molar-refractivity contribution in [1.82, 2.24) is 0 Å². The molecule has 29 heavy (non-hydrogen) atoms. The zero-order valence-electron chi connectivity index (χ0n) is 17.3. The molecule has 0 aromatic heterocycles. The SMILES string of the molecule is CC/C=C/[C@]12C3C[C@@H]4[C@@H]5[C@@H](C)/C(=C6/OC(=O)C(C)=C6OC)O[C@@]5(O3)[C@H]1CC[N@@+]42[O-]. The van der Waals surface area contributed by atoms with Gasteiger partial charge in [0, 0.05) is 18.8 Å². The standard InChI is InChI=1S/C22H27NO6/c1-5-6-8-21-14-7-9-23(21,25)13-10-15(21)28-22(14)16(13)11(2)18(29-22)19-17(26-4)12(3)20(24)27-19/h6,8,11,13-16H,5,7,9-10H2,1-4H3/b8-6+,19-18-/t11-,13-,14+,15?,16+,21-,22+,23-/m1/s1. The van der Waals surface area contributed by atoms with Crippen LogP contribution < -0.4 is 0 Å². The lowest BCUT2D eigenvalue weighted by atomic mass is 9.70. The molecule has 1 spiro atoms. The van der Waals surface area contributed by atoms with Crippen LogP contribution in [0.25, 0.3) is 0 Å². The van der Waals surface area contributed by atoms with Crippen LogP contribution in [0.4, 0.5) is 0 Å². The highest BCUT2D eigenvalue weighted by atomic mass is 16.7. The molecule has 7 nitrogen and oxygen atoms in total. The summed E-state index contributed by atoms with van der Waals surface area (Å²) in [5.74, 6) is 0.0336. The monoisotopic (exact) mass is 401 g/mol. The summed E-state index contributed by atoms with van der Waals surface area (Å²) in [7, 11) is 1.53. The molecule has 6 heterocycles. The lowest BCUT2D eigenvalue weighted by Crippen LogP contribution is -2.68. The summed E-state index contributed by atoms with van der Waals surface area (Å²) < 4.78 is 24.1. The third-order valence-electron chi connectivity index (χ3n) is 8.48. The van der Waals surface area contributed by atoms with Gasteiger partial charge in [0.1, 0.15) is 17.9 Å². The number of cyclic esters (lactones) is 1. The largest absolute Gasteiger partial charge is 0.632 e. The third-order valence-corrected chi connectivity index (χ3v) is 8.48. The lowest BCUT2D eigenvalue weighted by molar-refractivity contribution is -0.931. The van der Waals surface area contributed by atoms with Gasteiger partial charge in [-0.3, -0.25) is 0 Å². The first-order valence-electron chi connectivity index (χ1n) is 10.7. The van der Waals surface area contributed by atoms with Crippen LogP contribution >= 0.6 is 0 Å². The van der Waals surface area contributed by atoms with Crippen LogP contribution in [0.3, 0.4) is 0 Å². The summed E-state index contributed by atoms with van der Waals surface area (Å²) in [6.07, 6.45) is 6.61. The van der Waals surface area contributed by atoms with Crippen LogP contribution in [0.1, 0.15) is 40.0 Å². The number of esters is 1. The van der Waals surface area contributed by atoms with Gasteiger partial charge in [-0.1, -0.05) is 19.9 Å². The van der Waals surface area contributed by atoms with Crippen LogP contribution in [0.5, 0.6) is 0 Å². The van der Waals surface area contributed by atoms with Crippen LogP contribution in [-0.2, 0) is 23.7 Å². The van der Waals surface area contributed by atoms with E-state index in [-0.39, 0.29) is 34.5 Å². The Labute approximate surface area is 170 Å². The molecule has 0 radical (unpaired) electrons. The van der Waals surface area contributed by atoms with E-state index in [0.717, 1.165) is 19.3 Å². The van der Waals surface area contributed by atoms with E-state index < -0.39 is 17.3 Å². The predicted molar refractivity (Wildman–Crippen MR) is 101 cm³/mol. The van der Waals surface area contributed by atoms with Crippen molar-refractivity contribution in [2.75, 3.05) is 13.7 Å². The molecular formula is C22H27NO6. The quantitative estimate of drug-likeness (QED) is 0.313. The highest BCUT2D eigenvalue weighted by molar-refractivity contribution is 5.93. The Bertz CT molecular complexity index is 922. The smallest absolute Gasteiger partial charge is 0.343 e. The van der Waals surface area contributed by atoms with Crippen molar-refractivity contribution >= 4 is 5.97 Å². The van der Waals surface area contributed by atoms with E-state index in [4.69, 9.17) is 18.9 Å². The molecule has 6 aliphatic rings. The van der Waals surface area contributed by atoms with Gasteiger partial charge < -0.3 is 28.8 Å². The van der Waals surface area contributed by atoms with Crippen molar-refractivity contribution in [2.24, 2.45) is 17.8 Å². The predicted octanol–water partition coefficient (Wildman–Crippen LogP) is 2.88. The molecular weight excluding hydrogens is 374 g/mol. The van der Waals surface area contributed by atoms with Gasteiger partial charge in [0.05, 0.1) is 31.1 Å². The lowest BCUT2D eigenvalue weighted by Gasteiger charge is -2.56. The second kappa shape index (κ2) is 5.25. The Morgan fingerprint density at radius 2 is 2.21 bits per heavy atom. The zero-order chi connectivity index (χ0) is 20.3. The van der Waals surface area contributed by atoms with Gasteiger partial charge in [-0.15, -0.1) is 0 Å². The average Bonchev–Trinajstić information content (AvgIpc) is 3.37. The number of carbonyl (C=O) groups is 1. The van der Waals surface area contributed by atoms with Crippen LogP contribution in [-0.4, -0.2) is 47.7 Å². The van der Waals surface area contributed by atoms with E-state index >= 15 is 0 Å². The maximum absolute atomic E-state index is 14.3. The topological polar surface area (TPSA) is 77.1 Å². The third kappa shape index (κ3) is 1.65. The highest BCUT2D eigenvalue weighted by Crippen LogP contribution is 2.75. The molecule has 6 aliphatic heterocycles. The second-order valence-electron chi connectivity index (χ2n) is 9.35. The number of rotatable bonds is 3. The van der Waals surface area contributed by atoms with E-state index in [1.54, 1.807) is 6.92 Å². The van der Waals surface area contributed by atoms with Crippen LogP contribution in [0.2, 0.25) is 0 Å². The fourth-order valence-corrected chi connectivity index (χ4v) is 7.53. The number of ether oxygens (including phenoxy) is 4. The molecule has 0 N–H and O–H groups in total. The van der Waals surface area contributed by atoms with Gasteiger partial charge in [0.15, 0.2) is 11.3 Å². The number of hydroxylamine groups is 3. The van der Waals surface area contributed by atoms with E-state index in [9.17, 15) is 10.0 Å². The normalized spacial score (nSPS) is 54.0. The minimum Gasteiger partial charge on any atom is -0.632 e. The number of quaternary nitrogens is 1. The number of piperidine rings is 1. The maximum Gasteiger partial charge on any atom is 0.343 e. The number of allylic oxidation sites excluding steroid dienone is 2. The summed E-state index contributed by atoms with van der Waals surface area (Å²) in [5, 5.41) is 14.3. The van der Waals surface area contributed by atoms with E-state index in [1.165, 1.54) is 7.11 Å². The van der Waals surface area contributed by atoms with Crippen molar-refractivity contribution in [3.63, 3.8) is 0 Å². The minimum atomic E-state index is -0.808. The molecule has 0 saturated carbocycles. The first-order valence-corrected chi connectivity index (χ1v) is 10.7. The van der Waals surface area contributed by atoms with E-state index in [1.807, 2.05) is 0 Å². The Morgan fingerprint density at radius 3 is 2.93 bits per heavy atom. The fraction of sp³-hybridized carbons (Fsp3) is 0.682. The minimum absolute atomic E-state index is 0.0118. The number of fused-ring (bicyclic) bond motifs is 1. The van der Waals surface area contributed by atoms with Gasteiger partial charge in [-0.25, -0.2) is 4.79 Å². The molecule has 7 heteroatoms. The number of hydrogen-bond donors (Lipinski definition) is 0. The van der Waals surface area contributed by atoms with E-state index in [2.05, 4.69) is 26.0 Å². The number of methoxy groups -OCH3 is 1. The average molecular weight is 401 g/mol. The first kappa shape index (κ1) is 18.0. The molecule has 0 aliphatic carbocycles. The summed E-state index contributed by atoms with van der Waals surface area (Å²) in [4.78, 5) is 12.2. The van der Waals surface area contributed by atoms with Gasteiger partial charge in [-0.05, 0) is 19.4 Å². The molecule has 5 bridgehead atoms. The van der Waals surface area contributed by atoms with Gasteiger partial charge >= 0.3 is 5.97 Å².